The van der Waals surface area contributed by atoms with Crippen molar-refractivity contribution >= 4 is 29.4 Å². The van der Waals surface area contributed by atoms with Crippen molar-refractivity contribution in [3.05, 3.63) is 36.4 Å². The number of amides is 1. The molecule has 7 nitrogen and oxygen atoms in total. The first-order chi connectivity index (χ1) is 12.1. The van der Waals surface area contributed by atoms with E-state index in [1.54, 1.807) is 30.7 Å². The molecule has 0 unspecified atom stereocenters. The predicted molar refractivity (Wildman–Crippen MR) is 98.8 cm³/mol. The summed E-state index contributed by atoms with van der Waals surface area (Å²) in [7, 11) is 3.80. The lowest BCUT2D eigenvalue weighted by atomic mass is 10.1. The van der Waals surface area contributed by atoms with Gasteiger partial charge in [0.2, 0.25) is 11.9 Å². The van der Waals surface area contributed by atoms with Gasteiger partial charge < -0.3 is 19.5 Å². The Morgan fingerprint density at radius 2 is 2.12 bits per heavy atom. The summed E-state index contributed by atoms with van der Waals surface area (Å²) in [5.74, 6) is 1.77. The number of hydrogen-bond acceptors (Lipinski definition) is 6. The third-order valence-corrected chi connectivity index (χ3v) is 4.02. The van der Waals surface area contributed by atoms with Crippen molar-refractivity contribution < 1.29 is 9.21 Å². The maximum Gasteiger partial charge on any atom is 0.248 e. The summed E-state index contributed by atoms with van der Waals surface area (Å²) < 4.78 is 5.17. The Kier molecular flexibility index (Phi) is 5.33. The molecule has 1 aliphatic heterocycles. The molecule has 25 heavy (non-hydrogen) atoms. The van der Waals surface area contributed by atoms with Crippen LogP contribution in [0.25, 0.3) is 6.08 Å². The molecule has 1 saturated heterocycles. The van der Waals surface area contributed by atoms with Crippen LogP contribution in [0.3, 0.4) is 0 Å². The molecule has 1 N–H and O–H groups in total. The van der Waals surface area contributed by atoms with Crippen LogP contribution in [0, 0.1) is 0 Å². The zero-order valence-electron chi connectivity index (χ0n) is 14.6. The van der Waals surface area contributed by atoms with Gasteiger partial charge in [-0.1, -0.05) is 0 Å². The van der Waals surface area contributed by atoms with Crippen molar-refractivity contribution in [2.75, 3.05) is 42.3 Å². The second kappa shape index (κ2) is 7.83. The van der Waals surface area contributed by atoms with Crippen LogP contribution in [0.5, 0.6) is 0 Å². The molecule has 0 aliphatic carbocycles. The quantitative estimate of drug-likeness (QED) is 0.843. The number of hydrogen-bond donors (Lipinski definition) is 1. The molecule has 0 aromatic carbocycles. The third kappa shape index (κ3) is 4.37. The third-order valence-electron chi connectivity index (χ3n) is 4.02. The first-order valence-electron chi connectivity index (χ1n) is 8.45. The normalized spacial score (nSPS) is 14.7. The van der Waals surface area contributed by atoms with E-state index in [9.17, 15) is 4.79 Å². The van der Waals surface area contributed by atoms with Crippen molar-refractivity contribution in [3.8, 4) is 0 Å². The zero-order valence-corrected chi connectivity index (χ0v) is 14.6. The number of carbonyl (C=O) groups excluding carboxylic acids is 1. The monoisotopic (exact) mass is 341 g/mol. The van der Waals surface area contributed by atoms with Crippen molar-refractivity contribution in [1.82, 2.24) is 9.97 Å². The van der Waals surface area contributed by atoms with E-state index in [2.05, 4.69) is 20.2 Å². The number of anilines is 3. The van der Waals surface area contributed by atoms with E-state index in [1.807, 2.05) is 19.0 Å². The van der Waals surface area contributed by atoms with Gasteiger partial charge in [-0.05, 0) is 37.5 Å². The molecule has 3 heterocycles. The molecule has 1 fully saturated rings. The summed E-state index contributed by atoms with van der Waals surface area (Å²) in [6.45, 7) is 1.95. The fourth-order valence-electron chi connectivity index (χ4n) is 2.76. The summed E-state index contributed by atoms with van der Waals surface area (Å²) >= 11 is 0. The van der Waals surface area contributed by atoms with Crippen LogP contribution in [0.4, 0.5) is 17.5 Å². The Morgan fingerprint density at radius 3 is 2.80 bits per heavy atom. The SMILES string of the molecule is CN(C)c1nc(N2CCCCC2)ncc1NC(=O)/C=C/c1ccco1. The summed E-state index contributed by atoms with van der Waals surface area (Å²) in [6.07, 6.45) is 9.87. The molecule has 1 amide bonds. The van der Waals surface area contributed by atoms with Gasteiger partial charge in [-0.25, -0.2) is 4.98 Å². The van der Waals surface area contributed by atoms with Gasteiger partial charge in [0.25, 0.3) is 0 Å². The van der Waals surface area contributed by atoms with E-state index in [-0.39, 0.29) is 5.91 Å². The zero-order chi connectivity index (χ0) is 17.6. The minimum absolute atomic E-state index is 0.256. The maximum atomic E-state index is 12.1. The van der Waals surface area contributed by atoms with Crippen molar-refractivity contribution in [2.24, 2.45) is 0 Å². The van der Waals surface area contributed by atoms with Crippen LogP contribution < -0.4 is 15.1 Å². The fourth-order valence-corrected chi connectivity index (χ4v) is 2.76. The van der Waals surface area contributed by atoms with Gasteiger partial charge in [-0.15, -0.1) is 0 Å². The Bertz CT molecular complexity index is 734. The molecule has 0 bridgehead atoms. The number of nitrogens with one attached hydrogen (secondary N) is 1. The average Bonchev–Trinajstić information content (AvgIpc) is 3.14. The Labute approximate surface area is 147 Å². The molecule has 132 valence electrons. The molecule has 2 aromatic heterocycles. The number of furan rings is 1. The van der Waals surface area contributed by atoms with Crippen LogP contribution in [0.2, 0.25) is 0 Å². The Hall–Kier alpha value is -2.83. The smallest absolute Gasteiger partial charge is 0.248 e. The van der Waals surface area contributed by atoms with Gasteiger partial charge in [0.05, 0.1) is 12.5 Å². The van der Waals surface area contributed by atoms with Crippen LogP contribution in [-0.4, -0.2) is 43.1 Å². The number of rotatable bonds is 5. The van der Waals surface area contributed by atoms with E-state index < -0.39 is 0 Å². The van der Waals surface area contributed by atoms with E-state index in [1.165, 1.54) is 12.5 Å². The van der Waals surface area contributed by atoms with Gasteiger partial charge >= 0.3 is 0 Å². The van der Waals surface area contributed by atoms with Crippen molar-refractivity contribution in [2.45, 2.75) is 19.3 Å². The lowest BCUT2D eigenvalue weighted by Crippen LogP contribution is -2.31. The second-order valence-electron chi connectivity index (χ2n) is 6.19. The minimum atomic E-state index is -0.256. The summed E-state index contributed by atoms with van der Waals surface area (Å²) in [5.41, 5.74) is 0.583. The average molecular weight is 341 g/mol. The van der Waals surface area contributed by atoms with Gasteiger partial charge in [0.1, 0.15) is 11.4 Å². The highest BCUT2D eigenvalue weighted by Gasteiger charge is 2.17. The molecular weight excluding hydrogens is 318 g/mol. The molecule has 2 aromatic rings. The standard InChI is InChI=1S/C18H23N5O2/c1-22(2)17-15(20-16(24)9-8-14-7-6-12-25-14)13-19-18(21-17)23-10-4-3-5-11-23/h6-9,12-13H,3-5,10-11H2,1-2H3,(H,20,24)/b9-8+. The Morgan fingerprint density at radius 1 is 1.32 bits per heavy atom. The number of nitrogens with zero attached hydrogens (tertiary/aromatic N) is 4. The first-order valence-corrected chi connectivity index (χ1v) is 8.45. The maximum absolute atomic E-state index is 12.1. The first kappa shape index (κ1) is 17.0. The number of piperidine rings is 1. The van der Waals surface area contributed by atoms with Crippen molar-refractivity contribution in [1.29, 1.82) is 0 Å². The molecular formula is C18H23N5O2. The summed E-state index contributed by atoms with van der Waals surface area (Å²) in [6, 6.07) is 3.56. The molecule has 3 rings (SSSR count). The van der Waals surface area contributed by atoms with E-state index in [4.69, 9.17) is 4.42 Å². The van der Waals surface area contributed by atoms with Crippen LogP contribution in [0.1, 0.15) is 25.0 Å². The van der Waals surface area contributed by atoms with Gasteiger partial charge in [-0.2, -0.15) is 4.98 Å². The summed E-state index contributed by atoms with van der Waals surface area (Å²) in [5, 5.41) is 2.83. The highest BCUT2D eigenvalue weighted by atomic mass is 16.3. The predicted octanol–water partition coefficient (Wildman–Crippen LogP) is 2.78. The topological polar surface area (TPSA) is 74.5 Å². The lowest BCUT2D eigenvalue weighted by molar-refractivity contribution is -0.111. The lowest BCUT2D eigenvalue weighted by Gasteiger charge is -2.27. The minimum Gasteiger partial charge on any atom is -0.465 e. The molecule has 7 heteroatoms. The molecule has 0 saturated carbocycles. The Balaban J connectivity index is 1.74. The van der Waals surface area contributed by atoms with E-state index >= 15 is 0 Å². The highest BCUT2D eigenvalue weighted by Crippen LogP contribution is 2.25. The van der Waals surface area contributed by atoms with Crippen molar-refractivity contribution in [3.63, 3.8) is 0 Å². The largest absolute Gasteiger partial charge is 0.465 e. The number of carbonyl (C=O) groups is 1. The number of aromatic nitrogens is 2. The second-order valence-corrected chi connectivity index (χ2v) is 6.19. The fraction of sp³-hybridized carbons (Fsp3) is 0.389. The highest BCUT2D eigenvalue weighted by molar-refractivity contribution is 6.03. The van der Waals surface area contributed by atoms with Crippen LogP contribution in [0.15, 0.2) is 35.1 Å². The van der Waals surface area contributed by atoms with Crippen LogP contribution >= 0.6 is 0 Å². The molecule has 0 radical (unpaired) electrons. The van der Waals surface area contributed by atoms with E-state index in [0.29, 0.717) is 23.2 Å². The summed E-state index contributed by atoms with van der Waals surface area (Å²) in [4.78, 5) is 25.3. The van der Waals surface area contributed by atoms with Gasteiger partial charge in [0, 0.05) is 33.3 Å². The molecule has 0 spiro atoms. The van der Waals surface area contributed by atoms with Gasteiger partial charge in [0.15, 0.2) is 5.82 Å². The van der Waals surface area contributed by atoms with E-state index in [0.717, 1.165) is 25.9 Å². The van der Waals surface area contributed by atoms with Gasteiger partial charge in [-0.3, -0.25) is 4.79 Å². The van der Waals surface area contributed by atoms with Crippen LogP contribution in [-0.2, 0) is 4.79 Å². The molecule has 1 aliphatic rings. The molecule has 0 atom stereocenters.